The van der Waals surface area contributed by atoms with Crippen LogP contribution in [0.4, 0.5) is 0 Å². The van der Waals surface area contributed by atoms with Crippen LogP contribution in [0.2, 0.25) is 0 Å². The van der Waals surface area contributed by atoms with Crippen LogP contribution in [0, 0.1) is 6.92 Å². The highest BCUT2D eigenvalue weighted by molar-refractivity contribution is 7.10. The second-order valence-electron chi connectivity index (χ2n) is 6.39. The lowest BCUT2D eigenvalue weighted by molar-refractivity contribution is -0.135. The van der Waals surface area contributed by atoms with Gasteiger partial charge in [-0.05, 0) is 37.3 Å². The number of para-hydroxylation sites is 1. The number of nitrogens with zero attached hydrogens (tertiary/aromatic N) is 1. The van der Waals surface area contributed by atoms with Crippen molar-refractivity contribution < 1.29 is 18.7 Å². The molecule has 0 aliphatic carbocycles. The Bertz CT molecular complexity index is 944. The molecule has 0 bridgehead atoms. The molecule has 1 amide bonds. The van der Waals surface area contributed by atoms with Crippen LogP contribution in [0.1, 0.15) is 39.9 Å². The molecule has 0 spiro atoms. The molecule has 0 N–H and O–H groups in total. The van der Waals surface area contributed by atoms with E-state index >= 15 is 0 Å². The minimum absolute atomic E-state index is 0.0918. The summed E-state index contributed by atoms with van der Waals surface area (Å²) >= 11 is 1.65. The van der Waals surface area contributed by atoms with Crippen LogP contribution in [0.25, 0.3) is 11.0 Å². The van der Waals surface area contributed by atoms with Gasteiger partial charge in [-0.2, -0.15) is 0 Å². The first-order valence-corrected chi connectivity index (χ1v) is 9.51. The van der Waals surface area contributed by atoms with E-state index < -0.39 is 5.97 Å². The van der Waals surface area contributed by atoms with Gasteiger partial charge in [-0.1, -0.05) is 24.3 Å². The number of rotatable bonds is 4. The van der Waals surface area contributed by atoms with Crippen LogP contribution in [-0.4, -0.2) is 29.9 Å². The number of fused-ring (bicyclic) bond motifs is 1. The Labute approximate surface area is 155 Å². The maximum Gasteiger partial charge on any atom is 0.375 e. The number of amides is 1. The van der Waals surface area contributed by atoms with E-state index in [4.69, 9.17) is 9.15 Å². The molecule has 134 valence electrons. The fourth-order valence-electron chi connectivity index (χ4n) is 3.49. The highest BCUT2D eigenvalue weighted by Gasteiger charge is 2.31. The predicted octanol–water partition coefficient (Wildman–Crippen LogP) is 4.32. The van der Waals surface area contributed by atoms with Crippen LogP contribution in [-0.2, 0) is 9.53 Å². The van der Waals surface area contributed by atoms with Gasteiger partial charge in [0, 0.05) is 22.4 Å². The van der Waals surface area contributed by atoms with Crippen molar-refractivity contribution >= 4 is 34.2 Å². The highest BCUT2D eigenvalue weighted by atomic mass is 32.1. The molecule has 0 radical (unpaired) electrons. The molecule has 26 heavy (non-hydrogen) atoms. The topological polar surface area (TPSA) is 59.8 Å². The van der Waals surface area contributed by atoms with E-state index in [1.54, 1.807) is 17.4 Å². The van der Waals surface area contributed by atoms with E-state index in [2.05, 4.69) is 0 Å². The quantitative estimate of drug-likeness (QED) is 0.643. The molecule has 1 aromatic carbocycles. The third-order valence-corrected chi connectivity index (χ3v) is 5.77. The van der Waals surface area contributed by atoms with E-state index in [0.717, 1.165) is 23.8 Å². The number of hydrogen-bond acceptors (Lipinski definition) is 5. The van der Waals surface area contributed by atoms with Gasteiger partial charge in [0.25, 0.3) is 5.91 Å². The van der Waals surface area contributed by atoms with E-state index in [-0.39, 0.29) is 24.3 Å². The Morgan fingerprint density at radius 2 is 2.12 bits per heavy atom. The van der Waals surface area contributed by atoms with E-state index in [1.165, 1.54) is 4.88 Å². The molecular formula is C20H19NO4S. The molecule has 6 heteroatoms. The summed E-state index contributed by atoms with van der Waals surface area (Å²) in [7, 11) is 0. The lowest BCUT2D eigenvalue weighted by Crippen LogP contribution is -2.34. The summed E-state index contributed by atoms with van der Waals surface area (Å²) in [6, 6.07) is 11.6. The minimum atomic E-state index is -0.598. The monoisotopic (exact) mass is 369 g/mol. The van der Waals surface area contributed by atoms with Crippen LogP contribution in [0.3, 0.4) is 0 Å². The Morgan fingerprint density at radius 3 is 2.88 bits per heavy atom. The molecule has 3 aromatic rings. The molecule has 5 nitrogen and oxygen atoms in total. The highest BCUT2D eigenvalue weighted by Crippen LogP contribution is 2.34. The predicted molar refractivity (Wildman–Crippen MR) is 99.2 cm³/mol. The van der Waals surface area contributed by atoms with Crippen molar-refractivity contribution in [3.8, 4) is 0 Å². The van der Waals surface area contributed by atoms with Gasteiger partial charge < -0.3 is 14.1 Å². The number of aryl methyl sites for hydroxylation is 1. The standard InChI is InChI=1S/C20H19NO4S/c1-13-14-6-2-3-8-16(14)25-19(13)20(23)24-12-18(22)21-10-4-7-15(21)17-9-5-11-26-17/h2-3,5-6,8-9,11,15H,4,7,10,12H2,1H3. The third kappa shape index (κ3) is 3.01. The summed E-state index contributed by atoms with van der Waals surface area (Å²) in [5.74, 6) is -0.600. The lowest BCUT2D eigenvalue weighted by Gasteiger charge is -2.23. The molecule has 2 aromatic heterocycles. The summed E-state index contributed by atoms with van der Waals surface area (Å²) in [6.07, 6.45) is 1.91. The molecule has 4 rings (SSSR count). The average Bonchev–Trinajstić information content (AvgIpc) is 3.39. The molecular weight excluding hydrogens is 350 g/mol. The first kappa shape index (κ1) is 16.8. The number of furan rings is 1. The van der Waals surface area contributed by atoms with Gasteiger partial charge in [0.1, 0.15) is 5.58 Å². The van der Waals surface area contributed by atoms with Crippen molar-refractivity contribution in [2.45, 2.75) is 25.8 Å². The molecule has 1 atom stereocenters. The largest absolute Gasteiger partial charge is 0.450 e. The minimum Gasteiger partial charge on any atom is -0.450 e. The Hall–Kier alpha value is -2.60. The molecule has 3 heterocycles. The van der Waals surface area contributed by atoms with Crippen molar-refractivity contribution in [2.24, 2.45) is 0 Å². The van der Waals surface area contributed by atoms with Crippen molar-refractivity contribution in [3.05, 3.63) is 58.0 Å². The third-order valence-electron chi connectivity index (χ3n) is 4.80. The Balaban J connectivity index is 1.44. The van der Waals surface area contributed by atoms with Crippen molar-refractivity contribution in [3.63, 3.8) is 0 Å². The first-order chi connectivity index (χ1) is 12.6. The summed E-state index contributed by atoms with van der Waals surface area (Å²) in [4.78, 5) is 27.9. The van der Waals surface area contributed by atoms with E-state index in [0.29, 0.717) is 12.1 Å². The van der Waals surface area contributed by atoms with Gasteiger partial charge in [0.05, 0.1) is 6.04 Å². The second-order valence-corrected chi connectivity index (χ2v) is 7.37. The number of thiophene rings is 1. The van der Waals surface area contributed by atoms with E-state index in [9.17, 15) is 9.59 Å². The maximum atomic E-state index is 12.6. The fourth-order valence-corrected chi connectivity index (χ4v) is 4.36. The Kier molecular flexibility index (Phi) is 4.51. The number of likely N-dealkylation sites (tertiary alicyclic amines) is 1. The number of carbonyl (C=O) groups excluding carboxylic acids is 2. The molecule has 0 saturated carbocycles. The van der Waals surface area contributed by atoms with Gasteiger partial charge in [-0.3, -0.25) is 4.79 Å². The van der Waals surface area contributed by atoms with Crippen molar-refractivity contribution in [2.75, 3.05) is 13.2 Å². The Morgan fingerprint density at radius 1 is 1.27 bits per heavy atom. The zero-order valence-electron chi connectivity index (χ0n) is 14.4. The number of carbonyl (C=O) groups is 2. The van der Waals surface area contributed by atoms with Crippen molar-refractivity contribution in [1.82, 2.24) is 4.90 Å². The maximum absolute atomic E-state index is 12.6. The smallest absolute Gasteiger partial charge is 0.375 e. The summed E-state index contributed by atoms with van der Waals surface area (Å²) in [5.41, 5.74) is 1.37. The fraction of sp³-hybridized carbons (Fsp3) is 0.300. The SMILES string of the molecule is Cc1c(C(=O)OCC(=O)N2CCCC2c2cccs2)oc2ccccc12. The lowest BCUT2D eigenvalue weighted by atomic mass is 10.1. The van der Waals surface area contributed by atoms with Crippen LogP contribution < -0.4 is 0 Å². The van der Waals surface area contributed by atoms with Gasteiger partial charge >= 0.3 is 5.97 Å². The number of benzene rings is 1. The van der Waals surface area contributed by atoms with E-state index in [1.807, 2.05) is 47.5 Å². The summed E-state index contributed by atoms with van der Waals surface area (Å²) in [5, 5.41) is 2.89. The van der Waals surface area contributed by atoms with Crippen LogP contribution in [0.5, 0.6) is 0 Å². The number of hydrogen-bond donors (Lipinski definition) is 0. The van der Waals surface area contributed by atoms with Crippen LogP contribution >= 0.6 is 11.3 Å². The average molecular weight is 369 g/mol. The molecule has 1 unspecified atom stereocenters. The normalized spacial score (nSPS) is 17.0. The number of ether oxygens (including phenoxy) is 1. The second kappa shape index (κ2) is 6.96. The summed E-state index contributed by atoms with van der Waals surface area (Å²) < 4.78 is 10.9. The van der Waals surface area contributed by atoms with Crippen LogP contribution in [0.15, 0.2) is 46.2 Å². The molecule has 1 aliphatic heterocycles. The molecule has 1 fully saturated rings. The molecule has 1 saturated heterocycles. The van der Waals surface area contributed by atoms with Crippen molar-refractivity contribution in [1.29, 1.82) is 0 Å². The van der Waals surface area contributed by atoms with Gasteiger partial charge in [0.15, 0.2) is 6.61 Å². The van der Waals surface area contributed by atoms with Gasteiger partial charge in [-0.15, -0.1) is 11.3 Å². The van der Waals surface area contributed by atoms with Gasteiger partial charge in [-0.25, -0.2) is 4.79 Å². The first-order valence-electron chi connectivity index (χ1n) is 8.63. The summed E-state index contributed by atoms with van der Waals surface area (Å²) in [6.45, 7) is 2.25. The zero-order valence-corrected chi connectivity index (χ0v) is 15.3. The number of esters is 1. The zero-order chi connectivity index (χ0) is 18.1. The van der Waals surface area contributed by atoms with Gasteiger partial charge in [0.2, 0.25) is 5.76 Å². The molecule has 1 aliphatic rings.